The average Bonchev–Trinajstić information content (AvgIpc) is 2.76. The highest BCUT2D eigenvalue weighted by Gasteiger charge is 2.31. The van der Waals surface area contributed by atoms with Crippen LogP contribution in [0.15, 0.2) is 48.5 Å². The number of rotatable bonds is 9. The van der Waals surface area contributed by atoms with Crippen LogP contribution < -0.4 is 9.62 Å². The second kappa shape index (κ2) is 11.0. The van der Waals surface area contributed by atoms with Crippen LogP contribution in [0.5, 0.6) is 0 Å². The molecule has 0 saturated heterocycles. The van der Waals surface area contributed by atoms with Crippen LogP contribution in [0, 0.1) is 6.92 Å². The fourth-order valence-corrected chi connectivity index (χ4v) is 4.65. The fraction of sp³-hybridized carbons (Fsp3) is 0.462. The summed E-state index contributed by atoms with van der Waals surface area (Å²) in [5.74, 6) is -0.728. The maximum Gasteiger partial charge on any atom is 0.244 e. The molecule has 2 aromatic rings. The summed E-state index contributed by atoms with van der Waals surface area (Å²) < 4.78 is 26.5. The Balaban J connectivity index is 2.44. The first-order valence-corrected chi connectivity index (χ1v) is 13.3. The normalized spacial score (nSPS) is 12.7. The number of hydrogen-bond donors (Lipinski definition) is 1. The highest BCUT2D eigenvalue weighted by atomic mass is 32.2. The van der Waals surface area contributed by atoms with Crippen molar-refractivity contribution in [2.45, 2.75) is 59.0 Å². The number of carbonyl (C=O) groups is 2. The van der Waals surface area contributed by atoms with Crippen molar-refractivity contribution in [3.8, 4) is 0 Å². The van der Waals surface area contributed by atoms with Gasteiger partial charge in [0.25, 0.3) is 0 Å². The van der Waals surface area contributed by atoms with Crippen molar-refractivity contribution in [2.24, 2.45) is 0 Å². The molecule has 8 heteroatoms. The van der Waals surface area contributed by atoms with Gasteiger partial charge in [-0.3, -0.25) is 13.9 Å². The first-order chi connectivity index (χ1) is 15.8. The number of anilines is 1. The summed E-state index contributed by atoms with van der Waals surface area (Å²) in [7, 11) is -2.22. The first kappa shape index (κ1) is 27.4. The lowest BCUT2D eigenvalue weighted by Gasteiger charge is -2.33. The Morgan fingerprint density at radius 2 is 1.62 bits per heavy atom. The summed E-state index contributed by atoms with van der Waals surface area (Å²) >= 11 is 0. The SMILES string of the molecule is CC[C@H](C(=O)NC)N(Cc1ccccc1C)C(=O)CN(c1ccc(C(C)(C)C)cc1)S(C)(=O)=O. The number of amides is 2. The van der Waals surface area contributed by atoms with E-state index in [4.69, 9.17) is 0 Å². The zero-order valence-corrected chi connectivity index (χ0v) is 22.1. The molecule has 0 aliphatic rings. The molecule has 0 heterocycles. The van der Waals surface area contributed by atoms with Gasteiger partial charge < -0.3 is 10.2 Å². The summed E-state index contributed by atoms with van der Waals surface area (Å²) in [4.78, 5) is 27.7. The predicted octanol–water partition coefficient (Wildman–Crippen LogP) is 3.61. The van der Waals surface area contributed by atoms with Crippen molar-refractivity contribution in [1.29, 1.82) is 0 Å². The molecule has 0 aromatic heterocycles. The summed E-state index contributed by atoms with van der Waals surface area (Å²) in [5, 5.41) is 2.62. The van der Waals surface area contributed by atoms with E-state index in [1.807, 2.05) is 50.2 Å². The third-order valence-electron chi connectivity index (χ3n) is 5.93. The molecule has 7 nitrogen and oxygen atoms in total. The van der Waals surface area contributed by atoms with Crippen molar-refractivity contribution in [1.82, 2.24) is 10.2 Å². The van der Waals surface area contributed by atoms with Crippen molar-refractivity contribution in [3.05, 3.63) is 65.2 Å². The zero-order valence-electron chi connectivity index (χ0n) is 21.3. The van der Waals surface area contributed by atoms with Gasteiger partial charge in [-0.05, 0) is 47.6 Å². The minimum Gasteiger partial charge on any atom is -0.357 e. The minimum atomic E-state index is -3.75. The summed E-state index contributed by atoms with van der Waals surface area (Å²) in [6.45, 7) is 9.81. The molecule has 0 aliphatic heterocycles. The van der Waals surface area contributed by atoms with Gasteiger partial charge in [0.2, 0.25) is 21.8 Å². The lowest BCUT2D eigenvalue weighted by molar-refractivity contribution is -0.140. The van der Waals surface area contributed by atoms with Crippen molar-refractivity contribution >= 4 is 27.5 Å². The van der Waals surface area contributed by atoms with Crippen LogP contribution in [-0.2, 0) is 31.6 Å². The molecular weight excluding hydrogens is 450 g/mol. The van der Waals surface area contributed by atoms with Gasteiger partial charge in [-0.2, -0.15) is 0 Å². The second-order valence-corrected chi connectivity index (χ2v) is 11.5. The molecule has 2 amide bonds. The number of benzene rings is 2. The molecule has 0 unspecified atom stereocenters. The number of nitrogens with one attached hydrogen (secondary N) is 1. The zero-order chi connectivity index (χ0) is 25.7. The molecule has 0 aliphatic carbocycles. The number of nitrogens with zero attached hydrogens (tertiary/aromatic N) is 2. The lowest BCUT2D eigenvalue weighted by Crippen LogP contribution is -2.51. The molecule has 1 N–H and O–H groups in total. The Morgan fingerprint density at radius 1 is 1.03 bits per heavy atom. The average molecular weight is 488 g/mol. The fourth-order valence-electron chi connectivity index (χ4n) is 3.80. The summed E-state index contributed by atoms with van der Waals surface area (Å²) in [6.07, 6.45) is 1.48. The van der Waals surface area contributed by atoms with Gasteiger partial charge >= 0.3 is 0 Å². The van der Waals surface area contributed by atoms with E-state index < -0.39 is 28.5 Å². The molecule has 186 valence electrons. The number of hydrogen-bond acceptors (Lipinski definition) is 4. The van der Waals surface area contributed by atoms with Crippen LogP contribution in [0.25, 0.3) is 0 Å². The van der Waals surface area contributed by atoms with Gasteiger partial charge in [0.05, 0.1) is 11.9 Å². The maximum atomic E-state index is 13.6. The standard InChI is InChI=1S/C26H37N3O4S/c1-8-23(25(31)27-6)28(17-20-12-10-9-11-19(20)2)24(30)18-29(34(7,32)33)22-15-13-21(14-16-22)26(3,4)5/h9-16,23H,8,17-18H2,1-7H3,(H,27,31)/t23-/m1/s1. The van der Waals surface area contributed by atoms with Gasteiger partial charge in [0.15, 0.2) is 0 Å². The monoisotopic (exact) mass is 487 g/mol. The van der Waals surface area contributed by atoms with E-state index in [1.165, 1.54) is 11.9 Å². The van der Waals surface area contributed by atoms with Crippen LogP contribution in [-0.4, -0.2) is 51.0 Å². The Hall–Kier alpha value is -2.87. The van der Waals surface area contributed by atoms with Crippen LogP contribution in [0.1, 0.15) is 50.8 Å². The van der Waals surface area contributed by atoms with Gasteiger partial charge in [-0.15, -0.1) is 0 Å². The van der Waals surface area contributed by atoms with Gasteiger partial charge in [0, 0.05) is 13.6 Å². The number of aryl methyl sites for hydroxylation is 1. The van der Waals surface area contributed by atoms with Crippen molar-refractivity contribution < 1.29 is 18.0 Å². The first-order valence-electron chi connectivity index (χ1n) is 11.4. The molecule has 0 fully saturated rings. The Labute approximate surface area is 204 Å². The Bertz CT molecular complexity index is 1110. The topological polar surface area (TPSA) is 86.8 Å². The minimum absolute atomic E-state index is 0.0868. The molecule has 34 heavy (non-hydrogen) atoms. The molecule has 0 spiro atoms. The smallest absolute Gasteiger partial charge is 0.244 e. The highest BCUT2D eigenvalue weighted by Crippen LogP contribution is 2.26. The molecule has 2 rings (SSSR count). The molecular formula is C26H37N3O4S. The summed E-state index contributed by atoms with van der Waals surface area (Å²) in [6, 6.07) is 14.1. The summed E-state index contributed by atoms with van der Waals surface area (Å²) in [5.41, 5.74) is 3.27. The van der Waals surface area contributed by atoms with Gasteiger partial charge in [-0.25, -0.2) is 8.42 Å². The largest absolute Gasteiger partial charge is 0.357 e. The van der Waals surface area contributed by atoms with E-state index in [-0.39, 0.29) is 17.9 Å². The third kappa shape index (κ3) is 6.82. The van der Waals surface area contributed by atoms with Crippen LogP contribution in [0.3, 0.4) is 0 Å². The van der Waals surface area contributed by atoms with Crippen LogP contribution in [0.2, 0.25) is 0 Å². The quantitative estimate of drug-likeness (QED) is 0.585. The van der Waals surface area contributed by atoms with E-state index in [0.717, 1.165) is 27.3 Å². The van der Waals surface area contributed by atoms with Gasteiger partial charge in [-0.1, -0.05) is 64.1 Å². The molecule has 0 bridgehead atoms. The second-order valence-electron chi connectivity index (χ2n) is 9.55. The Kier molecular flexibility index (Phi) is 8.89. The number of likely N-dealkylation sites (N-methyl/N-ethyl adjacent to an activating group) is 1. The van der Waals surface area contributed by atoms with E-state index in [1.54, 1.807) is 12.1 Å². The maximum absolute atomic E-state index is 13.6. The Morgan fingerprint density at radius 3 is 2.09 bits per heavy atom. The predicted molar refractivity (Wildman–Crippen MR) is 137 cm³/mol. The van der Waals surface area contributed by atoms with Crippen molar-refractivity contribution in [2.75, 3.05) is 24.2 Å². The van der Waals surface area contributed by atoms with E-state index in [2.05, 4.69) is 26.1 Å². The number of carbonyl (C=O) groups excluding carboxylic acids is 2. The molecule has 0 radical (unpaired) electrons. The third-order valence-corrected chi connectivity index (χ3v) is 7.08. The van der Waals surface area contributed by atoms with Crippen LogP contribution >= 0.6 is 0 Å². The molecule has 2 aromatic carbocycles. The number of sulfonamides is 1. The van der Waals surface area contributed by atoms with E-state index >= 15 is 0 Å². The highest BCUT2D eigenvalue weighted by molar-refractivity contribution is 7.92. The molecule has 1 atom stereocenters. The van der Waals surface area contributed by atoms with Crippen LogP contribution in [0.4, 0.5) is 5.69 Å². The van der Waals surface area contributed by atoms with E-state index in [9.17, 15) is 18.0 Å². The lowest BCUT2D eigenvalue weighted by atomic mass is 9.87. The van der Waals surface area contributed by atoms with Crippen molar-refractivity contribution in [3.63, 3.8) is 0 Å². The molecule has 0 saturated carbocycles. The van der Waals surface area contributed by atoms with E-state index in [0.29, 0.717) is 12.1 Å². The van der Waals surface area contributed by atoms with Gasteiger partial charge in [0.1, 0.15) is 12.6 Å².